The molecule has 0 atom stereocenters. The molecule has 0 aliphatic carbocycles. The van der Waals surface area contributed by atoms with Gasteiger partial charge in [0.2, 0.25) is 5.91 Å². The molecular formula is C10H13N3O4. The number of nitrogens with one attached hydrogen (secondary N) is 1. The first kappa shape index (κ1) is 12.9. The number of rotatable bonds is 4. The van der Waals surface area contributed by atoms with Gasteiger partial charge in [-0.25, -0.2) is 0 Å². The standard InChI is InChI=1S/C10H13N3O4/c1-12(2)6-10(15)11-8-5-7(13(16)17)3-4-9(8)14/h3-5,14H,6H2,1-2H3,(H,11,15). The van der Waals surface area contributed by atoms with Crippen LogP contribution in [0.4, 0.5) is 11.4 Å². The second-order valence-corrected chi connectivity index (χ2v) is 3.74. The summed E-state index contributed by atoms with van der Waals surface area (Å²) in [5.74, 6) is -0.562. The monoisotopic (exact) mass is 239 g/mol. The highest BCUT2D eigenvalue weighted by Gasteiger charge is 2.12. The first-order valence-electron chi connectivity index (χ1n) is 4.82. The van der Waals surface area contributed by atoms with Gasteiger partial charge in [0.05, 0.1) is 17.2 Å². The first-order chi connectivity index (χ1) is 7.90. The molecule has 0 radical (unpaired) electrons. The number of anilines is 1. The number of hydrogen-bond acceptors (Lipinski definition) is 5. The predicted octanol–water partition coefficient (Wildman–Crippen LogP) is 0.800. The number of amides is 1. The van der Waals surface area contributed by atoms with Crippen LogP contribution in [0.1, 0.15) is 0 Å². The van der Waals surface area contributed by atoms with Gasteiger partial charge in [0.1, 0.15) is 5.75 Å². The van der Waals surface area contributed by atoms with E-state index >= 15 is 0 Å². The summed E-state index contributed by atoms with van der Waals surface area (Å²) in [5.41, 5.74) is -0.158. The van der Waals surface area contributed by atoms with Crippen LogP contribution in [0.5, 0.6) is 5.75 Å². The minimum Gasteiger partial charge on any atom is -0.506 e. The van der Waals surface area contributed by atoms with Crippen molar-refractivity contribution in [2.24, 2.45) is 0 Å². The third kappa shape index (κ3) is 3.72. The summed E-state index contributed by atoms with van der Waals surface area (Å²) in [4.78, 5) is 23.0. The Bertz CT molecular complexity index is 445. The lowest BCUT2D eigenvalue weighted by atomic mass is 10.2. The van der Waals surface area contributed by atoms with E-state index < -0.39 is 4.92 Å². The van der Waals surface area contributed by atoms with Crippen molar-refractivity contribution >= 4 is 17.3 Å². The van der Waals surface area contributed by atoms with E-state index in [9.17, 15) is 20.0 Å². The molecule has 1 aromatic carbocycles. The smallest absolute Gasteiger partial charge is 0.271 e. The highest BCUT2D eigenvalue weighted by molar-refractivity contribution is 5.93. The van der Waals surface area contributed by atoms with Crippen molar-refractivity contribution in [3.05, 3.63) is 28.3 Å². The molecule has 1 amide bonds. The van der Waals surface area contributed by atoms with E-state index in [4.69, 9.17) is 0 Å². The van der Waals surface area contributed by atoms with Crippen LogP contribution >= 0.6 is 0 Å². The van der Waals surface area contributed by atoms with Crippen molar-refractivity contribution in [1.29, 1.82) is 0 Å². The van der Waals surface area contributed by atoms with Crippen LogP contribution in [-0.4, -0.2) is 41.5 Å². The molecule has 1 aromatic rings. The zero-order valence-corrected chi connectivity index (χ0v) is 9.51. The lowest BCUT2D eigenvalue weighted by Crippen LogP contribution is -2.27. The Balaban J connectivity index is 2.86. The van der Waals surface area contributed by atoms with Crippen molar-refractivity contribution in [2.45, 2.75) is 0 Å². The second kappa shape index (κ2) is 5.26. The Morgan fingerprint density at radius 2 is 2.18 bits per heavy atom. The van der Waals surface area contributed by atoms with Crippen LogP contribution in [0.15, 0.2) is 18.2 Å². The Labute approximate surface area is 97.8 Å². The molecule has 17 heavy (non-hydrogen) atoms. The van der Waals surface area contributed by atoms with Gasteiger partial charge in [-0.05, 0) is 20.2 Å². The van der Waals surface area contributed by atoms with E-state index in [1.807, 2.05) is 0 Å². The summed E-state index contributed by atoms with van der Waals surface area (Å²) in [6.45, 7) is 0.127. The molecule has 92 valence electrons. The molecule has 0 aromatic heterocycles. The number of nitrogens with zero attached hydrogens (tertiary/aromatic N) is 2. The fourth-order valence-electron chi connectivity index (χ4n) is 1.21. The second-order valence-electron chi connectivity index (χ2n) is 3.74. The molecule has 0 saturated carbocycles. The van der Waals surface area contributed by atoms with Crippen molar-refractivity contribution in [3.8, 4) is 5.75 Å². The fourth-order valence-corrected chi connectivity index (χ4v) is 1.21. The van der Waals surface area contributed by atoms with Gasteiger partial charge in [-0.1, -0.05) is 0 Å². The van der Waals surface area contributed by atoms with Gasteiger partial charge in [0.15, 0.2) is 0 Å². The molecular weight excluding hydrogens is 226 g/mol. The summed E-state index contributed by atoms with van der Waals surface area (Å²) < 4.78 is 0. The SMILES string of the molecule is CN(C)CC(=O)Nc1cc([N+](=O)[O-])ccc1O. The van der Waals surface area contributed by atoms with Crippen molar-refractivity contribution in [3.63, 3.8) is 0 Å². The quantitative estimate of drug-likeness (QED) is 0.460. The van der Waals surface area contributed by atoms with E-state index in [1.165, 1.54) is 6.07 Å². The molecule has 0 heterocycles. The highest BCUT2D eigenvalue weighted by Crippen LogP contribution is 2.27. The summed E-state index contributed by atoms with van der Waals surface area (Å²) in [5, 5.41) is 22.4. The van der Waals surface area contributed by atoms with E-state index in [1.54, 1.807) is 19.0 Å². The number of carbonyl (C=O) groups is 1. The van der Waals surface area contributed by atoms with Crippen LogP contribution < -0.4 is 5.32 Å². The number of nitro groups is 1. The largest absolute Gasteiger partial charge is 0.506 e. The Morgan fingerprint density at radius 3 is 2.71 bits per heavy atom. The average molecular weight is 239 g/mol. The number of hydrogen-bond donors (Lipinski definition) is 2. The number of benzene rings is 1. The Kier molecular flexibility index (Phi) is 4.00. The number of phenols is 1. The number of likely N-dealkylation sites (N-methyl/N-ethyl adjacent to an activating group) is 1. The number of non-ortho nitro benzene ring substituents is 1. The molecule has 2 N–H and O–H groups in total. The van der Waals surface area contributed by atoms with E-state index in [-0.39, 0.29) is 29.6 Å². The third-order valence-corrected chi connectivity index (χ3v) is 1.92. The number of aromatic hydroxyl groups is 1. The van der Waals surface area contributed by atoms with E-state index in [0.29, 0.717) is 0 Å². The van der Waals surface area contributed by atoms with Crippen molar-refractivity contribution in [1.82, 2.24) is 4.90 Å². The molecule has 0 unspecified atom stereocenters. The molecule has 7 heteroatoms. The van der Waals surface area contributed by atoms with Crippen LogP contribution in [0.2, 0.25) is 0 Å². The van der Waals surface area contributed by atoms with Gasteiger partial charge in [-0.3, -0.25) is 14.9 Å². The van der Waals surface area contributed by atoms with Crippen molar-refractivity contribution in [2.75, 3.05) is 26.0 Å². The normalized spacial score (nSPS) is 10.3. The molecule has 7 nitrogen and oxygen atoms in total. The van der Waals surface area contributed by atoms with Crippen LogP contribution in [0.25, 0.3) is 0 Å². The first-order valence-corrected chi connectivity index (χ1v) is 4.82. The summed E-state index contributed by atoms with van der Waals surface area (Å²) in [6, 6.07) is 3.45. The molecule has 0 aliphatic heterocycles. The number of phenolic OH excluding ortho intramolecular Hbond substituents is 1. The van der Waals surface area contributed by atoms with Crippen molar-refractivity contribution < 1.29 is 14.8 Å². The van der Waals surface area contributed by atoms with Gasteiger partial charge < -0.3 is 15.3 Å². The molecule has 0 bridgehead atoms. The topological polar surface area (TPSA) is 95.7 Å². The van der Waals surface area contributed by atoms with Gasteiger partial charge in [0.25, 0.3) is 5.69 Å². The molecule has 0 spiro atoms. The summed E-state index contributed by atoms with van der Waals surface area (Å²) in [7, 11) is 3.43. The Hall–Kier alpha value is -2.15. The summed E-state index contributed by atoms with van der Waals surface area (Å²) >= 11 is 0. The lowest BCUT2D eigenvalue weighted by molar-refractivity contribution is -0.384. The third-order valence-electron chi connectivity index (χ3n) is 1.92. The zero-order chi connectivity index (χ0) is 13.0. The maximum atomic E-state index is 11.4. The zero-order valence-electron chi connectivity index (χ0n) is 9.51. The van der Waals surface area contributed by atoms with E-state index in [0.717, 1.165) is 12.1 Å². The number of nitro benzene ring substituents is 1. The van der Waals surface area contributed by atoms with Gasteiger partial charge >= 0.3 is 0 Å². The minimum absolute atomic E-state index is 0.0334. The Morgan fingerprint density at radius 1 is 1.53 bits per heavy atom. The van der Waals surface area contributed by atoms with Crippen LogP contribution in [-0.2, 0) is 4.79 Å². The predicted molar refractivity (Wildman–Crippen MR) is 61.9 cm³/mol. The average Bonchev–Trinajstić information content (AvgIpc) is 2.19. The highest BCUT2D eigenvalue weighted by atomic mass is 16.6. The molecule has 1 rings (SSSR count). The fraction of sp³-hybridized carbons (Fsp3) is 0.300. The molecule has 0 saturated heterocycles. The van der Waals surface area contributed by atoms with Crippen LogP contribution in [0, 0.1) is 10.1 Å². The van der Waals surface area contributed by atoms with Crippen LogP contribution in [0.3, 0.4) is 0 Å². The lowest BCUT2D eigenvalue weighted by Gasteiger charge is -2.10. The minimum atomic E-state index is -0.596. The van der Waals surface area contributed by atoms with E-state index in [2.05, 4.69) is 5.32 Å². The maximum Gasteiger partial charge on any atom is 0.271 e. The summed E-state index contributed by atoms with van der Waals surface area (Å²) in [6.07, 6.45) is 0. The maximum absolute atomic E-state index is 11.4. The van der Waals surface area contributed by atoms with Gasteiger partial charge in [-0.2, -0.15) is 0 Å². The molecule has 0 fully saturated rings. The van der Waals surface area contributed by atoms with Gasteiger partial charge in [-0.15, -0.1) is 0 Å². The number of carbonyl (C=O) groups excluding carboxylic acids is 1. The van der Waals surface area contributed by atoms with Gasteiger partial charge in [0, 0.05) is 12.1 Å². The molecule has 0 aliphatic rings.